The summed E-state index contributed by atoms with van der Waals surface area (Å²) in [6, 6.07) is 24.4. The van der Waals surface area contributed by atoms with E-state index in [1.807, 2.05) is 36.4 Å². The smallest absolute Gasteiger partial charge is 0.253 e. The second-order valence-electron chi connectivity index (χ2n) is 9.88. The molecule has 3 aromatic rings. The Balaban J connectivity index is 1.46. The fourth-order valence-electron chi connectivity index (χ4n) is 4.95. The first-order chi connectivity index (χ1) is 18.1. The highest BCUT2D eigenvalue weighted by Gasteiger charge is 2.22. The highest BCUT2D eigenvalue weighted by Crippen LogP contribution is 2.29. The summed E-state index contributed by atoms with van der Waals surface area (Å²) in [6.45, 7) is 4.36. The van der Waals surface area contributed by atoms with Gasteiger partial charge in [-0.25, -0.2) is 0 Å². The summed E-state index contributed by atoms with van der Waals surface area (Å²) < 4.78 is 0. The lowest BCUT2D eigenvalue weighted by Gasteiger charge is -2.32. The fraction of sp³-hybridized carbons (Fsp3) is 0.375. The molecule has 1 aliphatic heterocycles. The first-order valence-corrected chi connectivity index (χ1v) is 13.7. The van der Waals surface area contributed by atoms with Crippen LogP contribution >= 0.6 is 0 Å². The molecule has 0 saturated heterocycles. The van der Waals surface area contributed by atoms with Crippen molar-refractivity contribution in [3.63, 3.8) is 0 Å². The molecular weight excluding hydrogens is 458 g/mol. The van der Waals surface area contributed by atoms with E-state index in [9.17, 15) is 9.59 Å². The number of hydrogen-bond acceptors (Lipinski definition) is 3. The quantitative estimate of drug-likeness (QED) is 0.280. The van der Waals surface area contributed by atoms with Gasteiger partial charge in [-0.3, -0.25) is 9.59 Å². The van der Waals surface area contributed by atoms with E-state index in [-0.39, 0.29) is 11.8 Å². The van der Waals surface area contributed by atoms with Gasteiger partial charge >= 0.3 is 0 Å². The third-order valence-corrected chi connectivity index (χ3v) is 7.05. The predicted octanol–water partition coefficient (Wildman–Crippen LogP) is 6.52. The summed E-state index contributed by atoms with van der Waals surface area (Å²) in [5.74, 6) is -0.105. The van der Waals surface area contributed by atoms with Gasteiger partial charge in [0.25, 0.3) is 5.91 Å². The van der Waals surface area contributed by atoms with Gasteiger partial charge in [-0.15, -0.1) is 0 Å². The van der Waals surface area contributed by atoms with Crippen LogP contribution in [0, 0.1) is 0 Å². The van der Waals surface area contributed by atoms with Crippen LogP contribution in [0.25, 0.3) is 0 Å². The van der Waals surface area contributed by atoms with Crippen LogP contribution in [0.2, 0.25) is 0 Å². The molecule has 5 nitrogen and oxygen atoms in total. The van der Waals surface area contributed by atoms with E-state index in [2.05, 4.69) is 58.9 Å². The van der Waals surface area contributed by atoms with Crippen molar-refractivity contribution >= 4 is 23.2 Å². The summed E-state index contributed by atoms with van der Waals surface area (Å²) in [5, 5.41) is 6.12. The van der Waals surface area contributed by atoms with Crippen molar-refractivity contribution in [1.82, 2.24) is 5.32 Å². The van der Waals surface area contributed by atoms with Crippen molar-refractivity contribution in [3.05, 3.63) is 95.1 Å². The Kier molecular flexibility index (Phi) is 9.75. The van der Waals surface area contributed by atoms with Crippen molar-refractivity contribution in [3.8, 4) is 0 Å². The number of carbonyl (C=O) groups excluding carboxylic acids is 2. The number of anilines is 2. The normalized spacial score (nSPS) is 12.6. The molecule has 0 bridgehead atoms. The molecule has 0 fully saturated rings. The van der Waals surface area contributed by atoms with Gasteiger partial charge in [-0.05, 0) is 54.2 Å². The maximum absolute atomic E-state index is 13.4. The molecule has 0 radical (unpaired) electrons. The van der Waals surface area contributed by atoms with Crippen LogP contribution < -0.4 is 15.5 Å². The Hall–Kier alpha value is -3.60. The van der Waals surface area contributed by atoms with Gasteiger partial charge in [0.05, 0.1) is 5.56 Å². The van der Waals surface area contributed by atoms with Crippen LogP contribution in [0.5, 0.6) is 0 Å². The summed E-state index contributed by atoms with van der Waals surface area (Å²) in [5.41, 5.74) is 6.04. The Morgan fingerprint density at radius 2 is 1.62 bits per heavy atom. The Bertz CT molecular complexity index is 1180. The van der Waals surface area contributed by atoms with Gasteiger partial charge in [0.1, 0.15) is 0 Å². The van der Waals surface area contributed by atoms with E-state index >= 15 is 0 Å². The number of carbonyl (C=O) groups is 2. The van der Waals surface area contributed by atoms with E-state index in [0.717, 1.165) is 44.5 Å². The molecule has 0 aromatic heterocycles. The molecule has 194 valence electrons. The number of fused-ring (bicyclic) bond motifs is 1. The number of nitrogens with one attached hydrogen (secondary N) is 2. The Labute approximate surface area is 221 Å². The molecule has 0 unspecified atom stereocenters. The molecule has 5 heteroatoms. The van der Waals surface area contributed by atoms with E-state index in [1.165, 1.54) is 36.0 Å². The van der Waals surface area contributed by atoms with Gasteiger partial charge in [0.15, 0.2) is 0 Å². The Morgan fingerprint density at radius 3 is 2.43 bits per heavy atom. The van der Waals surface area contributed by atoms with Gasteiger partial charge in [0.2, 0.25) is 5.91 Å². The summed E-state index contributed by atoms with van der Waals surface area (Å²) in [6.07, 6.45) is 7.77. The number of unbranched alkanes of at least 4 members (excludes halogenated alkanes) is 4. The first-order valence-electron chi connectivity index (χ1n) is 13.7. The monoisotopic (exact) mass is 497 g/mol. The highest BCUT2D eigenvalue weighted by molar-refractivity contribution is 6.02. The zero-order valence-electron chi connectivity index (χ0n) is 22.0. The van der Waals surface area contributed by atoms with Gasteiger partial charge in [-0.1, -0.05) is 87.2 Å². The van der Waals surface area contributed by atoms with Crippen molar-refractivity contribution in [2.45, 2.75) is 64.8 Å². The van der Waals surface area contributed by atoms with Gasteiger partial charge in [-0.2, -0.15) is 0 Å². The molecule has 4 rings (SSSR count). The van der Waals surface area contributed by atoms with Crippen molar-refractivity contribution < 1.29 is 9.59 Å². The summed E-state index contributed by atoms with van der Waals surface area (Å²) >= 11 is 0. The molecule has 2 amide bonds. The third kappa shape index (κ3) is 7.69. The van der Waals surface area contributed by atoms with E-state index in [0.29, 0.717) is 24.2 Å². The SMILES string of the molecule is CCCCCCCC(=O)Nc1ccc(N2CCc3ccccc3C2)c(C(=O)NCCc2ccccc2)c1. The van der Waals surface area contributed by atoms with Gasteiger partial charge < -0.3 is 15.5 Å². The topological polar surface area (TPSA) is 61.4 Å². The van der Waals surface area contributed by atoms with Crippen LogP contribution in [0.4, 0.5) is 11.4 Å². The van der Waals surface area contributed by atoms with Crippen LogP contribution in [-0.4, -0.2) is 24.9 Å². The maximum Gasteiger partial charge on any atom is 0.253 e. The average molecular weight is 498 g/mol. The number of benzene rings is 3. The minimum absolute atomic E-state index is 0.00610. The second-order valence-corrected chi connectivity index (χ2v) is 9.88. The van der Waals surface area contributed by atoms with E-state index in [1.54, 1.807) is 0 Å². The number of amides is 2. The standard InChI is InChI=1S/C32H39N3O2/c1-2-3-4-5-9-16-31(36)34-28-17-18-30(35-22-20-26-14-10-11-15-27(26)24-35)29(23-28)32(37)33-21-19-25-12-7-6-8-13-25/h6-8,10-15,17-18,23H,2-5,9,16,19-22,24H2,1H3,(H,33,37)(H,34,36). The van der Waals surface area contributed by atoms with Crippen LogP contribution in [0.3, 0.4) is 0 Å². The van der Waals surface area contributed by atoms with Crippen molar-refractivity contribution in [1.29, 1.82) is 0 Å². The second kappa shape index (κ2) is 13.6. The average Bonchev–Trinajstić information content (AvgIpc) is 2.93. The zero-order valence-corrected chi connectivity index (χ0v) is 22.0. The lowest BCUT2D eigenvalue weighted by molar-refractivity contribution is -0.116. The molecule has 2 N–H and O–H groups in total. The fourth-order valence-corrected chi connectivity index (χ4v) is 4.95. The van der Waals surface area contributed by atoms with E-state index in [4.69, 9.17) is 0 Å². The molecule has 3 aromatic carbocycles. The predicted molar refractivity (Wildman–Crippen MR) is 152 cm³/mol. The van der Waals surface area contributed by atoms with Crippen molar-refractivity contribution in [2.75, 3.05) is 23.3 Å². The van der Waals surface area contributed by atoms with Gasteiger partial charge in [0, 0.05) is 37.4 Å². The molecule has 0 saturated carbocycles. The summed E-state index contributed by atoms with van der Waals surface area (Å²) in [4.78, 5) is 28.2. The molecule has 0 aliphatic carbocycles. The molecule has 37 heavy (non-hydrogen) atoms. The lowest BCUT2D eigenvalue weighted by Crippen LogP contribution is -2.33. The number of rotatable bonds is 12. The third-order valence-electron chi connectivity index (χ3n) is 7.05. The minimum atomic E-state index is -0.111. The lowest BCUT2D eigenvalue weighted by atomic mass is 9.98. The maximum atomic E-state index is 13.4. The highest BCUT2D eigenvalue weighted by atomic mass is 16.2. The number of nitrogens with zero attached hydrogens (tertiary/aromatic N) is 1. The molecule has 1 heterocycles. The zero-order chi connectivity index (χ0) is 25.9. The van der Waals surface area contributed by atoms with Crippen LogP contribution in [-0.2, 0) is 24.2 Å². The van der Waals surface area contributed by atoms with Crippen LogP contribution in [0.1, 0.15) is 72.5 Å². The molecule has 0 atom stereocenters. The van der Waals surface area contributed by atoms with E-state index < -0.39 is 0 Å². The first kappa shape index (κ1) is 26.5. The molecular formula is C32H39N3O2. The van der Waals surface area contributed by atoms with Crippen LogP contribution in [0.15, 0.2) is 72.8 Å². The molecule has 1 aliphatic rings. The van der Waals surface area contributed by atoms with Crippen molar-refractivity contribution in [2.24, 2.45) is 0 Å². The number of hydrogen-bond donors (Lipinski definition) is 2. The minimum Gasteiger partial charge on any atom is -0.366 e. The Morgan fingerprint density at radius 1 is 0.865 bits per heavy atom. The summed E-state index contributed by atoms with van der Waals surface area (Å²) in [7, 11) is 0. The largest absolute Gasteiger partial charge is 0.366 e. The molecule has 0 spiro atoms.